The third kappa shape index (κ3) is 2.28. The van der Waals surface area contributed by atoms with Crippen LogP contribution < -0.4 is 5.56 Å². The second-order valence-electron chi connectivity index (χ2n) is 5.82. The lowest BCUT2D eigenvalue weighted by molar-refractivity contribution is 0.235. The Bertz CT molecular complexity index is 862. The number of hydrogen-bond donors (Lipinski definition) is 1. The highest BCUT2D eigenvalue weighted by molar-refractivity contribution is 7.17. The molecule has 1 aliphatic heterocycles. The lowest BCUT2D eigenvalue weighted by Gasteiger charge is -2.24. The highest BCUT2D eigenvalue weighted by Crippen LogP contribution is 2.32. The first-order valence-electron chi connectivity index (χ1n) is 7.54. The normalized spacial score (nSPS) is 19.2. The molecule has 3 aromatic rings. The first-order chi connectivity index (χ1) is 10.7. The summed E-state index contributed by atoms with van der Waals surface area (Å²) in [5.41, 5.74) is 2.11. The molecule has 5 nitrogen and oxygen atoms in total. The zero-order valence-electron chi connectivity index (χ0n) is 12.5. The minimum atomic E-state index is -0.0235. The molecule has 1 atom stereocenters. The third-order valence-corrected chi connectivity index (χ3v) is 5.31. The van der Waals surface area contributed by atoms with Gasteiger partial charge in [0.25, 0.3) is 5.56 Å². The van der Waals surface area contributed by atoms with Gasteiger partial charge in [-0.15, -0.1) is 11.3 Å². The van der Waals surface area contributed by atoms with Crippen molar-refractivity contribution in [3.63, 3.8) is 0 Å². The van der Waals surface area contributed by atoms with Crippen molar-refractivity contribution in [3.8, 4) is 0 Å². The molecule has 0 amide bonds. The van der Waals surface area contributed by atoms with Crippen molar-refractivity contribution in [1.29, 1.82) is 0 Å². The fourth-order valence-electron chi connectivity index (χ4n) is 3.36. The molecule has 1 N–H and O–H groups in total. The van der Waals surface area contributed by atoms with Gasteiger partial charge in [-0.3, -0.25) is 9.69 Å². The molecule has 0 unspecified atom stereocenters. The number of nitrogens with zero attached hydrogens (tertiary/aromatic N) is 3. The lowest BCUT2D eigenvalue weighted by atomic mass is 10.1. The van der Waals surface area contributed by atoms with E-state index in [1.807, 2.05) is 11.4 Å². The van der Waals surface area contributed by atoms with E-state index in [1.165, 1.54) is 23.5 Å². The van der Waals surface area contributed by atoms with Crippen LogP contribution in [0, 0.1) is 0 Å². The number of likely N-dealkylation sites (tertiary alicyclic amines) is 1. The molecule has 0 aliphatic carbocycles. The fourth-order valence-corrected chi connectivity index (χ4v) is 4.09. The summed E-state index contributed by atoms with van der Waals surface area (Å²) in [6.07, 6.45) is 4.42. The highest BCUT2D eigenvalue weighted by Gasteiger charge is 2.28. The summed E-state index contributed by atoms with van der Waals surface area (Å²) in [5, 5.41) is 1.92. The number of rotatable bonds is 3. The lowest BCUT2D eigenvalue weighted by Crippen LogP contribution is -2.26. The molecule has 0 radical (unpaired) electrons. The van der Waals surface area contributed by atoms with Crippen molar-refractivity contribution in [1.82, 2.24) is 19.4 Å². The van der Waals surface area contributed by atoms with Crippen LogP contribution in [-0.2, 0) is 13.6 Å². The monoisotopic (exact) mass is 314 g/mol. The molecule has 0 aromatic carbocycles. The molecule has 4 heterocycles. The molecular formula is C16H18N4OS. The van der Waals surface area contributed by atoms with Crippen molar-refractivity contribution < 1.29 is 0 Å². The second-order valence-corrected chi connectivity index (χ2v) is 6.74. The minimum Gasteiger partial charge on any atom is -0.353 e. The summed E-state index contributed by atoms with van der Waals surface area (Å²) in [6, 6.07) is 6.59. The molecule has 0 bridgehead atoms. The molecule has 0 saturated carbocycles. The van der Waals surface area contributed by atoms with Gasteiger partial charge in [-0.1, -0.05) is 0 Å². The molecule has 22 heavy (non-hydrogen) atoms. The molecule has 1 saturated heterocycles. The van der Waals surface area contributed by atoms with Crippen LogP contribution in [-0.4, -0.2) is 26.0 Å². The molecule has 114 valence electrons. The van der Waals surface area contributed by atoms with Gasteiger partial charge in [-0.25, -0.2) is 4.98 Å². The topological polar surface area (TPSA) is 53.9 Å². The van der Waals surface area contributed by atoms with Gasteiger partial charge >= 0.3 is 0 Å². The van der Waals surface area contributed by atoms with Crippen LogP contribution in [0.2, 0.25) is 0 Å². The standard InChI is InChI=1S/C16H18N4OS/c1-19-7-2-4-12(19)13-5-3-8-20(13)10-14-17-11-6-9-22-15(11)16(21)18-14/h2,4,6-7,9,13H,3,5,8,10H2,1H3,(H,17,18,21)/t13-/m0/s1. The van der Waals surface area contributed by atoms with E-state index in [1.54, 1.807) is 0 Å². The maximum absolute atomic E-state index is 12.1. The summed E-state index contributed by atoms with van der Waals surface area (Å²) in [7, 11) is 2.09. The van der Waals surface area contributed by atoms with E-state index in [-0.39, 0.29) is 5.56 Å². The van der Waals surface area contributed by atoms with Gasteiger partial charge in [0.15, 0.2) is 0 Å². The van der Waals surface area contributed by atoms with Crippen LogP contribution in [0.25, 0.3) is 10.2 Å². The Kier molecular flexibility index (Phi) is 3.35. The maximum Gasteiger partial charge on any atom is 0.268 e. The first kappa shape index (κ1) is 13.7. The van der Waals surface area contributed by atoms with Gasteiger partial charge in [0.2, 0.25) is 0 Å². The Balaban J connectivity index is 1.64. The van der Waals surface area contributed by atoms with Crippen molar-refractivity contribution in [3.05, 3.63) is 51.6 Å². The Morgan fingerprint density at radius 3 is 3.18 bits per heavy atom. The fraction of sp³-hybridized carbons (Fsp3) is 0.375. The molecule has 6 heteroatoms. The minimum absolute atomic E-state index is 0.0235. The predicted octanol–water partition coefficient (Wildman–Crippen LogP) is 2.66. The van der Waals surface area contributed by atoms with Gasteiger partial charge in [0.05, 0.1) is 18.1 Å². The number of aryl methyl sites for hydroxylation is 1. The summed E-state index contributed by atoms with van der Waals surface area (Å²) in [6.45, 7) is 1.73. The largest absolute Gasteiger partial charge is 0.353 e. The van der Waals surface area contributed by atoms with E-state index in [4.69, 9.17) is 0 Å². The Labute approximate surface area is 132 Å². The first-order valence-corrected chi connectivity index (χ1v) is 8.42. The van der Waals surface area contributed by atoms with E-state index in [0.29, 0.717) is 17.3 Å². The summed E-state index contributed by atoms with van der Waals surface area (Å²) < 4.78 is 2.89. The maximum atomic E-state index is 12.1. The Morgan fingerprint density at radius 2 is 2.36 bits per heavy atom. The zero-order valence-corrected chi connectivity index (χ0v) is 13.3. The third-order valence-electron chi connectivity index (χ3n) is 4.41. The molecule has 1 aliphatic rings. The van der Waals surface area contributed by atoms with Gasteiger partial charge in [0, 0.05) is 18.9 Å². The molecule has 1 fully saturated rings. The summed E-state index contributed by atoms with van der Waals surface area (Å²) >= 11 is 1.44. The number of aromatic amines is 1. The smallest absolute Gasteiger partial charge is 0.268 e. The number of aromatic nitrogens is 3. The van der Waals surface area contributed by atoms with E-state index < -0.39 is 0 Å². The van der Waals surface area contributed by atoms with Gasteiger partial charge in [-0.2, -0.15) is 0 Å². The predicted molar refractivity (Wildman–Crippen MR) is 88.0 cm³/mol. The van der Waals surface area contributed by atoms with Crippen LogP contribution in [0.1, 0.15) is 30.4 Å². The quantitative estimate of drug-likeness (QED) is 0.808. The average molecular weight is 314 g/mol. The number of fused-ring (bicyclic) bond motifs is 1. The SMILES string of the molecule is Cn1cccc1[C@@H]1CCCN1Cc1nc2ccsc2c(=O)[nH]1. The average Bonchev–Trinajstić information content (AvgIpc) is 3.19. The molecule has 3 aromatic heterocycles. The number of thiophene rings is 1. The zero-order chi connectivity index (χ0) is 15.1. The van der Waals surface area contributed by atoms with Crippen LogP contribution >= 0.6 is 11.3 Å². The van der Waals surface area contributed by atoms with Crippen molar-refractivity contribution in [2.24, 2.45) is 7.05 Å². The molecular weight excluding hydrogens is 296 g/mol. The number of hydrogen-bond acceptors (Lipinski definition) is 4. The number of H-pyrrole nitrogens is 1. The molecule has 4 rings (SSSR count). The van der Waals surface area contributed by atoms with E-state index in [0.717, 1.165) is 24.3 Å². The Morgan fingerprint density at radius 1 is 1.45 bits per heavy atom. The van der Waals surface area contributed by atoms with Crippen LogP contribution in [0.15, 0.2) is 34.6 Å². The Hall–Kier alpha value is -1.92. The van der Waals surface area contributed by atoms with Crippen LogP contribution in [0.3, 0.4) is 0 Å². The van der Waals surface area contributed by atoms with E-state index >= 15 is 0 Å². The van der Waals surface area contributed by atoms with Gasteiger partial charge in [-0.05, 0) is 43.0 Å². The van der Waals surface area contributed by atoms with Gasteiger partial charge in [0.1, 0.15) is 10.5 Å². The summed E-state index contributed by atoms with van der Waals surface area (Å²) in [4.78, 5) is 22.0. The van der Waals surface area contributed by atoms with Crippen molar-refractivity contribution in [2.45, 2.75) is 25.4 Å². The van der Waals surface area contributed by atoms with Crippen molar-refractivity contribution in [2.75, 3.05) is 6.54 Å². The van der Waals surface area contributed by atoms with Crippen LogP contribution in [0.5, 0.6) is 0 Å². The van der Waals surface area contributed by atoms with Crippen LogP contribution in [0.4, 0.5) is 0 Å². The van der Waals surface area contributed by atoms with E-state index in [9.17, 15) is 4.79 Å². The summed E-state index contributed by atoms with van der Waals surface area (Å²) in [5.74, 6) is 0.761. The van der Waals surface area contributed by atoms with E-state index in [2.05, 4.69) is 44.8 Å². The van der Waals surface area contributed by atoms with Gasteiger partial charge < -0.3 is 9.55 Å². The highest BCUT2D eigenvalue weighted by atomic mass is 32.1. The second kappa shape index (κ2) is 5.37. The van der Waals surface area contributed by atoms with Crippen molar-refractivity contribution >= 4 is 21.6 Å². The number of nitrogens with one attached hydrogen (secondary N) is 1. The molecule has 0 spiro atoms.